The largest absolute Gasteiger partial charge is 0.328 e. The Morgan fingerprint density at radius 2 is 1.94 bits per heavy atom. The van der Waals surface area contributed by atoms with E-state index in [1.165, 1.54) is 64.6 Å². The van der Waals surface area contributed by atoms with E-state index >= 15 is 0 Å². The zero-order valence-electron chi connectivity index (χ0n) is 11.3. The normalized spacial score (nSPS) is 33.5. The average Bonchev–Trinajstić information content (AvgIpc) is 2.30. The minimum Gasteiger partial charge on any atom is -0.328 e. The second-order valence-electron chi connectivity index (χ2n) is 6.05. The highest BCUT2D eigenvalue weighted by atomic mass is 15.2. The minimum absolute atomic E-state index is 0.434. The Morgan fingerprint density at radius 3 is 2.65 bits per heavy atom. The number of hydrogen-bond donors (Lipinski definition) is 2. The van der Waals surface area contributed by atoms with Gasteiger partial charge in [-0.25, -0.2) is 0 Å². The summed E-state index contributed by atoms with van der Waals surface area (Å²) in [6.07, 6.45) is 9.22. The lowest BCUT2D eigenvalue weighted by molar-refractivity contribution is 0.197. The van der Waals surface area contributed by atoms with E-state index < -0.39 is 0 Å². The fourth-order valence-electron chi connectivity index (χ4n) is 3.36. The Morgan fingerprint density at radius 1 is 1.18 bits per heavy atom. The predicted molar refractivity (Wildman–Crippen MR) is 73.1 cm³/mol. The third kappa shape index (κ3) is 4.57. The summed E-state index contributed by atoms with van der Waals surface area (Å²) in [6, 6.07) is 1.71. The molecule has 3 heteroatoms. The first-order valence-corrected chi connectivity index (χ1v) is 7.48. The van der Waals surface area contributed by atoms with E-state index in [0.717, 1.165) is 0 Å². The molecule has 1 aliphatic heterocycles. The maximum atomic E-state index is 6.03. The van der Waals surface area contributed by atoms with Crippen LogP contribution in [0.2, 0.25) is 0 Å². The maximum absolute atomic E-state index is 6.03. The van der Waals surface area contributed by atoms with Gasteiger partial charge in [-0.3, -0.25) is 0 Å². The summed E-state index contributed by atoms with van der Waals surface area (Å²) in [4.78, 5) is 2.62. The van der Waals surface area contributed by atoms with E-state index in [-0.39, 0.29) is 0 Å². The monoisotopic (exact) mass is 239 g/mol. The second kappa shape index (κ2) is 6.72. The molecule has 17 heavy (non-hydrogen) atoms. The zero-order chi connectivity index (χ0) is 12.1. The van der Waals surface area contributed by atoms with Crippen molar-refractivity contribution in [2.24, 2.45) is 5.73 Å². The smallest absolute Gasteiger partial charge is 0.0169 e. The molecule has 0 bridgehead atoms. The third-order valence-electron chi connectivity index (χ3n) is 4.22. The molecule has 3 N–H and O–H groups in total. The van der Waals surface area contributed by atoms with Crippen LogP contribution in [0.4, 0.5) is 0 Å². The molecule has 3 atom stereocenters. The van der Waals surface area contributed by atoms with Gasteiger partial charge in [0.05, 0.1) is 0 Å². The molecule has 1 saturated heterocycles. The first-order chi connectivity index (χ1) is 8.24. The molecule has 0 aromatic rings. The number of likely N-dealkylation sites (tertiary alicyclic amines) is 1. The Hall–Kier alpha value is -0.120. The van der Waals surface area contributed by atoms with E-state index in [4.69, 9.17) is 5.73 Å². The SMILES string of the molecule is CC(CN1CCCCC1)NC1CCCC(N)C1. The van der Waals surface area contributed by atoms with Crippen LogP contribution in [0.25, 0.3) is 0 Å². The Labute approximate surface area is 106 Å². The molecule has 3 unspecified atom stereocenters. The van der Waals surface area contributed by atoms with E-state index in [1.807, 2.05) is 0 Å². The summed E-state index contributed by atoms with van der Waals surface area (Å²) < 4.78 is 0. The highest BCUT2D eigenvalue weighted by Crippen LogP contribution is 2.17. The van der Waals surface area contributed by atoms with Crippen LogP contribution in [0.3, 0.4) is 0 Å². The molecular weight excluding hydrogens is 210 g/mol. The third-order valence-corrected chi connectivity index (χ3v) is 4.22. The van der Waals surface area contributed by atoms with Crippen molar-refractivity contribution in [2.75, 3.05) is 19.6 Å². The van der Waals surface area contributed by atoms with Gasteiger partial charge in [-0.15, -0.1) is 0 Å². The lowest BCUT2D eigenvalue weighted by Crippen LogP contribution is -2.48. The Bertz CT molecular complexity index is 214. The van der Waals surface area contributed by atoms with Crippen molar-refractivity contribution in [1.29, 1.82) is 0 Å². The Balaban J connectivity index is 1.66. The maximum Gasteiger partial charge on any atom is 0.0169 e. The molecule has 1 heterocycles. The molecule has 2 aliphatic rings. The first kappa shape index (κ1) is 13.3. The van der Waals surface area contributed by atoms with E-state index in [1.54, 1.807) is 0 Å². The number of nitrogens with two attached hydrogens (primary N) is 1. The van der Waals surface area contributed by atoms with E-state index in [2.05, 4.69) is 17.1 Å². The van der Waals surface area contributed by atoms with Crippen LogP contribution >= 0.6 is 0 Å². The lowest BCUT2D eigenvalue weighted by Gasteiger charge is -2.33. The van der Waals surface area contributed by atoms with E-state index in [9.17, 15) is 0 Å². The molecule has 2 fully saturated rings. The summed E-state index contributed by atoms with van der Waals surface area (Å²) in [5, 5.41) is 3.77. The van der Waals surface area contributed by atoms with Crippen LogP contribution in [0.5, 0.6) is 0 Å². The van der Waals surface area contributed by atoms with Crippen LogP contribution in [0.15, 0.2) is 0 Å². The highest BCUT2D eigenvalue weighted by Gasteiger charge is 2.21. The zero-order valence-corrected chi connectivity index (χ0v) is 11.3. The summed E-state index contributed by atoms with van der Waals surface area (Å²) in [5.74, 6) is 0. The highest BCUT2D eigenvalue weighted by molar-refractivity contribution is 4.82. The molecule has 1 saturated carbocycles. The quantitative estimate of drug-likeness (QED) is 0.785. The van der Waals surface area contributed by atoms with Gasteiger partial charge in [0, 0.05) is 24.7 Å². The molecule has 100 valence electrons. The summed E-state index contributed by atoms with van der Waals surface area (Å²) in [7, 11) is 0. The number of rotatable bonds is 4. The van der Waals surface area contributed by atoms with Gasteiger partial charge in [0.15, 0.2) is 0 Å². The van der Waals surface area contributed by atoms with Crippen LogP contribution in [0.1, 0.15) is 51.9 Å². The van der Waals surface area contributed by atoms with Gasteiger partial charge < -0.3 is 16.0 Å². The minimum atomic E-state index is 0.434. The predicted octanol–water partition coefficient (Wildman–Crippen LogP) is 1.72. The molecule has 0 radical (unpaired) electrons. The summed E-state index contributed by atoms with van der Waals surface area (Å²) >= 11 is 0. The van der Waals surface area contributed by atoms with Crippen molar-refractivity contribution in [3.05, 3.63) is 0 Å². The summed E-state index contributed by atoms with van der Waals surface area (Å²) in [5.41, 5.74) is 6.03. The first-order valence-electron chi connectivity index (χ1n) is 7.48. The van der Waals surface area contributed by atoms with Gasteiger partial charge >= 0.3 is 0 Å². The number of hydrogen-bond acceptors (Lipinski definition) is 3. The molecular formula is C14H29N3. The number of nitrogens with one attached hydrogen (secondary N) is 1. The molecule has 0 amide bonds. The number of nitrogens with zero attached hydrogens (tertiary/aromatic N) is 1. The van der Waals surface area contributed by atoms with Gasteiger partial charge in [-0.05, 0) is 52.1 Å². The van der Waals surface area contributed by atoms with Gasteiger partial charge in [0.25, 0.3) is 0 Å². The standard InChI is InChI=1S/C14H29N3/c1-12(11-17-8-3-2-4-9-17)16-14-7-5-6-13(15)10-14/h12-14,16H,2-11,15H2,1H3. The van der Waals surface area contributed by atoms with Gasteiger partial charge in [-0.2, -0.15) is 0 Å². The molecule has 0 aromatic heterocycles. The van der Waals surface area contributed by atoms with Crippen LogP contribution in [-0.2, 0) is 0 Å². The van der Waals surface area contributed by atoms with Crippen LogP contribution < -0.4 is 11.1 Å². The summed E-state index contributed by atoms with van der Waals surface area (Å²) in [6.45, 7) is 6.15. The fraction of sp³-hybridized carbons (Fsp3) is 1.00. The number of piperidine rings is 1. The molecule has 0 aromatic carbocycles. The van der Waals surface area contributed by atoms with Crippen LogP contribution in [0, 0.1) is 0 Å². The van der Waals surface area contributed by atoms with Crippen molar-refractivity contribution < 1.29 is 0 Å². The molecule has 1 aliphatic carbocycles. The molecule has 2 rings (SSSR count). The van der Waals surface area contributed by atoms with Crippen molar-refractivity contribution >= 4 is 0 Å². The van der Waals surface area contributed by atoms with Crippen molar-refractivity contribution in [3.63, 3.8) is 0 Å². The van der Waals surface area contributed by atoms with Gasteiger partial charge in [-0.1, -0.05) is 12.8 Å². The van der Waals surface area contributed by atoms with Gasteiger partial charge in [0.1, 0.15) is 0 Å². The Kier molecular flexibility index (Phi) is 5.26. The van der Waals surface area contributed by atoms with E-state index in [0.29, 0.717) is 18.1 Å². The average molecular weight is 239 g/mol. The van der Waals surface area contributed by atoms with Crippen molar-refractivity contribution in [2.45, 2.75) is 70.0 Å². The second-order valence-corrected chi connectivity index (χ2v) is 6.05. The van der Waals surface area contributed by atoms with Gasteiger partial charge in [0.2, 0.25) is 0 Å². The lowest BCUT2D eigenvalue weighted by atomic mass is 9.91. The van der Waals surface area contributed by atoms with Crippen LogP contribution in [-0.4, -0.2) is 42.7 Å². The topological polar surface area (TPSA) is 41.3 Å². The molecule has 0 spiro atoms. The molecule has 3 nitrogen and oxygen atoms in total. The van der Waals surface area contributed by atoms with Crippen molar-refractivity contribution in [1.82, 2.24) is 10.2 Å². The fourth-order valence-corrected chi connectivity index (χ4v) is 3.36. The van der Waals surface area contributed by atoms with Crippen molar-refractivity contribution in [3.8, 4) is 0 Å².